The number of fused-ring (bicyclic) bond motifs is 1. The van der Waals surface area contributed by atoms with Gasteiger partial charge in [0.1, 0.15) is 11.3 Å². The quantitative estimate of drug-likeness (QED) is 0.837. The number of hydrogen-bond donors (Lipinski definition) is 2. The van der Waals surface area contributed by atoms with Crippen LogP contribution in [0.15, 0.2) is 18.2 Å². The number of aromatic amines is 1. The number of H-pyrrole nitrogens is 1. The van der Waals surface area contributed by atoms with E-state index in [0.29, 0.717) is 22.8 Å². The van der Waals surface area contributed by atoms with E-state index in [1.165, 1.54) is 6.07 Å². The Balaban J connectivity index is 2.36. The van der Waals surface area contributed by atoms with Gasteiger partial charge in [-0.05, 0) is 24.5 Å². The van der Waals surface area contributed by atoms with Crippen molar-refractivity contribution in [1.82, 2.24) is 9.97 Å². The van der Waals surface area contributed by atoms with Gasteiger partial charge in [-0.1, -0.05) is 19.9 Å². The van der Waals surface area contributed by atoms with Gasteiger partial charge < -0.3 is 10.7 Å². The van der Waals surface area contributed by atoms with Gasteiger partial charge in [0, 0.05) is 0 Å². The summed E-state index contributed by atoms with van der Waals surface area (Å²) in [6.07, 6.45) is 0.835. The molecule has 0 saturated heterocycles. The normalized spacial score (nSPS) is 13.6. The van der Waals surface area contributed by atoms with Gasteiger partial charge in [0.2, 0.25) is 0 Å². The van der Waals surface area contributed by atoms with E-state index in [4.69, 9.17) is 5.73 Å². The lowest BCUT2D eigenvalue weighted by atomic mass is 10.0. The molecule has 3 nitrogen and oxygen atoms in total. The number of nitrogens with zero attached hydrogens (tertiary/aromatic N) is 1. The summed E-state index contributed by atoms with van der Waals surface area (Å²) in [7, 11) is 0. The number of hydrogen-bond acceptors (Lipinski definition) is 2. The average molecular weight is 221 g/mol. The molecule has 2 aromatic rings. The molecule has 0 fully saturated rings. The zero-order chi connectivity index (χ0) is 11.7. The number of para-hydroxylation sites is 1. The van der Waals surface area contributed by atoms with Gasteiger partial charge in [-0.25, -0.2) is 9.37 Å². The zero-order valence-corrected chi connectivity index (χ0v) is 9.50. The number of imidazole rings is 1. The van der Waals surface area contributed by atoms with Crippen LogP contribution in [0.4, 0.5) is 4.39 Å². The predicted octanol–water partition coefficient (Wildman–Crippen LogP) is 2.75. The molecular formula is C12H16FN3. The van der Waals surface area contributed by atoms with E-state index in [-0.39, 0.29) is 11.9 Å². The summed E-state index contributed by atoms with van der Waals surface area (Å²) in [5, 5.41) is 0. The van der Waals surface area contributed by atoms with Gasteiger partial charge >= 0.3 is 0 Å². The van der Waals surface area contributed by atoms with Crippen LogP contribution in [0.2, 0.25) is 0 Å². The third-order valence-electron chi connectivity index (χ3n) is 2.56. The van der Waals surface area contributed by atoms with Crippen molar-refractivity contribution in [2.45, 2.75) is 26.3 Å². The molecule has 16 heavy (non-hydrogen) atoms. The van der Waals surface area contributed by atoms with E-state index in [9.17, 15) is 4.39 Å². The van der Waals surface area contributed by atoms with E-state index >= 15 is 0 Å². The maximum absolute atomic E-state index is 13.4. The first-order valence-corrected chi connectivity index (χ1v) is 5.47. The summed E-state index contributed by atoms with van der Waals surface area (Å²) in [6, 6.07) is 4.71. The molecule has 0 radical (unpaired) electrons. The molecule has 1 aromatic heterocycles. The summed E-state index contributed by atoms with van der Waals surface area (Å²) >= 11 is 0. The number of nitrogens with two attached hydrogens (primary N) is 1. The number of aromatic nitrogens is 2. The second-order valence-corrected chi connectivity index (χ2v) is 4.49. The molecular weight excluding hydrogens is 205 g/mol. The summed E-state index contributed by atoms with van der Waals surface area (Å²) < 4.78 is 13.4. The van der Waals surface area contributed by atoms with E-state index < -0.39 is 0 Å². The van der Waals surface area contributed by atoms with Gasteiger partial charge in [0.25, 0.3) is 0 Å². The van der Waals surface area contributed by atoms with E-state index in [0.717, 1.165) is 6.42 Å². The molecule has 1 aromatic carbocycles. The fraction of sp³-hybridized carbons (Fsp3) is 0.417. The topological polar surface area (TPSA) is 54.7 Å². The lowest BCUT2D eigenvalue weighted by Crippen LogP contribution is -2.14. The number of rotatable bonds is 3. The number of nitrogens with one attached hydrogen (secondary N) is 1. The third-order valence-corrected chi connectivity index (χ3v) is 2.56. The SMILES string of the molecule is CC(C)CC(N)c1nc2c(F)cccc2[nH]1. The standard InChI is InChI=1S/C12H16FN3/c1-7(2)6-9(14)12-15-10-5-3-4-8(13)11(10)16-12/h3-5,7,9H,6,14H2,1-2H3,(H,15,16). The Morgan fingerprint density at radius 1 is 1.44 bits per heavy atom. The van der Waals surface area contributed by atoms with Crippen molar-refractivity contribution in [3.8, 4) is 0 Å². The Hall–Kier alpha value is -1.42. The lowest BCUT2D eigenvalue weighted by molar-refractivity contribution is 0.496. The van der Waals surface area contributed by atoms with Gasteiger partial charge in [0.15, 0.2) is 5.82 Å². The van der Waals surface area contributed by atoms with Crippen molar-refractivity contribution in [3.63, 3.8) is 0 Å². The molecule has 3 N–H and O–H groups in total. The van der Waals surface area contributed by atoms with Crippen LogP contribution in [0.3, 0.4) is 0 Å². The minimum Gasteiger partial charge on any atom is -0.341 e. The second kappa shape index (κ2) is 4.22. The molecule has 0 aliphatic heterocycles. The smallest absolute Gasteiger partial charge is 0.151 e. The maximum atomic E-state index is 13.4. The first-order valence-electron chi connectivity index (χ1n) is 5.47. The van der Waals surface area contributed by atoms with Crippen molar-refractivity contribution >= 4 is 11.0 Å². The Morgan fingerprint density at radius 3 is 2.81 bits per heavy atom. The van der Waals surface area contributed by atoms with E-state index in [1.807, 2.05) is 0 Å². The Morgan fingerprint density at radius 2 is 2.19 bits per heavy atom. The first-order chi connectivity index (χ1) is 7.58. The van der Waals surface area contributed by atoms with Crippen LogP contribution in [0.1, 0.15) is 32.1 Å². The molecule has 2 rings (SSSR count). The Bertz CT molecular complexity index is 490. The molecule has 0 saturated carbocycles. The molecule has 0 aliphatic rings. The van der Waals surface area contributed by atoms with Crippen LogP contribution in [0.25, 0.3) is 11.0 Å². The van der Waals surface area contributed by atoms with Crippen LogP contribution in [-0.2, 0) is 0 Å². The van der Waals surface area contributed by atoms with E-state index in [2.05, 4.69) is 23.8 Å². The van der Waals surface area contributed by atoms with Crippen molar-refractivity contribution in [3.05, 3.63) is 29.8 Å². The Kier molecular flexibility index (Phi) is 2.92. The van der Waals surface area contributed by atoms with Crippen LogP contribution in [-0.4, -0.2) is 9.97 Å². The molecule has 86 valence electrons. The molecule has 0 bridgehead atoms. The highest BCUT2D eigenvalue weighted by Gasteiger charge is 2.14. The third kappa shape index (κ3) is 2.07. The highest BCUT2D eigenvalue weighted by atomic mass is 19.1. The maximum Gasteiger partial charge on any atom is 0.151 e. The highest BCUT2D eigenvalue weighted by molar-refractivity contribution is 5.75. The minimum atomic E-state index is -0.309. The molecule has 1 atom stereocenters. The monoisotopic (exact) mass is 221 g/mol. The lowest BCUT2D eigenvalue weighted by Gasteiger charge is -2.10. The molecule has 4 heteroatoms. The predicted molar refractivity (Wildman–Crippen MR) is 62.4 cm³/mol. The summed E-state index contributed by atoms with van der Waals surface area (Å²) in [6.45, 7) is 4.20. The van der Waals surface area contributed by atoms with Crippen molar-refractivity contribution in [1.29, 1.82) is 0 Å². The van der Waals surface area contributed by atoms with E-state index in [1.54, 1.807) is 12.1 Å². The molecule has 0 spiro atoms. The van der Waals surface area contributed by atoms with Crippen LogP contribution >= 0.6 is 0 Å². The van der Waals surface area contributed by atoms with Crippen molar-refractivity contribution in [2.75, 3.05) is 0 Å². The second-order valence-electron chi connectivity index (χ2n) is 4.49. The number of benzene rings is 1. The largest absolute Gasteiger partial charge is 0.341 e. The average Bonchev–Trinajstić information content (AvgIpc) is 2.61. The fourth-order valence-corrected chi connectivity index (χ4v) is 1.81. The Labute approximate surface area is 93.9 Å². The molecule has 0 amide bonds. The fourth-order valence-electron chi connectivity index (χ4n) is 1.81. The van der Waals surface area contributed by atoms with Gasteiger partial charge in [-0.15, -0.1) is 0 Å². The van der Waals surface area contributed by atoms with Gasteiger partial charge in [-0.2, -0.15) is 0 Å². The van der Waals surface area contributed by atoms with Crippen LogP contribution < -0.4 is 5.73 Å². The summed E-state index contributed by atoms with van der Waals surface area (Å²) in [4.78, 5) is 7.28. The molecule has 0 aliphatic carbocycles. The summed E-state index contributed by atoms with van der Waals surface area (Å²) in [5.41, 5.74) is 7.07. The van der Waals surface area contributed by atoms with Gasteiger partial charge in [0.05, 0.1) is 11.6 Å². The number of halogens is 1. The van der Waals surface area contributed by atoms with Crippen LogP contribution in [0.5, 0.6) is 0 Å². The van der Waals surface area contributed by atoms with Crippen molar-refractivity contribution in [2.24, 2.45) is 11.7 Å². The summed E-state index contributed by atoms with van der Waals surface area (Å²) in [5.74, 6) is 0.846. The van der Waals surface area contributed by atoms with Crippen molar-refractivity contribution < 1.29 is 4.39 Å². The zero-order valence-electron chi connectivity index (χ0n) is 9.50. The first kappa shape index (κ1) is 11.1. The molecule has 1 unspecified atom stereocenters. The van der Waals surface area contributed by atoms with Gasteiger partial charge in [-0.3, -0.25) is 0 Å². The minimum absolute atomic E-state index is 0.160. The van der Waals surface area contributed by atoms with Crippen LogP contribution in [0, 0.1) is 11.7 Å². The molecule has 1 heterocycles. The highest BCUT2D eigenvalue weighted by Crippen LogP contribution is 2.21.